The molecule has 0 aliphatic carbocycles. The first-order valence-electron chi connectivity index (χ1n) is 8.35. The van der Waals surface area contributed by atoms with Crippen LogP contribution in [0.4, 0.5) is 15.8 Å². The number of pyridine rings is 1. The van der Waals surface area contributed by atoms with Gasteiger partial charge in [0.25, 0.3) is 5.91 Å². The number of hydroxylamine groups is 1. The number of carbonyl (C=O) groups is 1. The molecule has 1 atom stereocenters. The predicted molar refractivity (Wildman–Crippen MR) is 110 cm³/mol. The van der Waals surface area contributed by atoms with Gasteiger partial charge in [-0.3, -0.25) is 9.63 Å². The molecule has 2 heterocycles. The highest BCUT2D eigenvalue weighted by Crippen LogP contribution is 2.29. The molecule has 1 aromatic carbocycles. The molecule has 150 valence electrons. The molecule has 0 unspecified atom stereocenters. The highest BCUT2D eigenvalue weighted by molar-refractivity contribution is 14.1. The molecule has 2 N–H and O–H groups in total. The van der Waals surface area contributed by atoms with Crippen LogP contribution < -0.4 is 10.8 Å². The van der Waals surface area contributed by atoms with Crippen molar-refractivity contribution >= 4 is 51.5 Å². The number of benzene rings is 1. The summed E-state index contributed by atoms with van der Waals surface area (Å²) in [6.07, 6.45) is 1.08. The van der Waals surface area contributed by atoms with Crippen LogP contribution in [0.15, 0.2) is 30.5 Å². The monoisotopic (exact) mass is 521 g/mol. The lowest BCUT2D eigenvalue weighted by Gasteiger charge is -2.17. The quantitative estimate of drug-likeness (QED) is 0.339. The number of aromatic nitrogens is 1. The first-order chi connectivity index (χ1) is 13.2. The first-order valence-corrected chi connectivity index (χ1v) is 9.81. The van der Waals surface area contributed by atoms with Crippen LogP contribution in [0.5, 0.6) is 0 Å². The summed E-state index contributed by atoms with van der Waals surface area (Å²) in [5.74, 6) is -1.71. The van der Waals surface area contributed by atoms with Crippen molar-refractivity contribution in [1.29, 1.82) is 0 Å². The summed E-state index contributed by atoms with van der Waals surface area (Å²) in [5.41, 5.74) is 2.83. The number of ether oxygens (including phenoxy) is 2. The van der Waals surface area contributed by atoms with Gasteiger partial charge in [0.1, 0.15) is 18.5 Å². The average molecular weight is 522 g/mol. The van der Waals surface area contributed by atoms with Gasteiger partial charge in [-0.1, -0.05) is 11.6 Å². The van der Waals surface area contributed by atoms with Gasteiger partial charge in [-0.15, -0.1) is 0 Å². The lowest BCUT2D eigenvalue weighted by Crippen LogP contribution is -2.31. The van der Waals surface area contributed by atoms with E-state index in [9.17, 15) is 9.18 Å². The summed E-state index contributed by atoms with van der Waals surface area (Å²) in [7, 11) is 0. The molecule has 0 spiro atoms. The Morgan fingerprint density at radius 2 is 2.25 bits per heavy atom. The molecule has 28 heavy (non-hydrogen) atoms. The zero-order valence-corrected chi connectivity index (χ0v) is 18.0. The van der Waals surface area contributed by atoms with E-state index in [-0.39, 0.29) is 34.8 Å². The Hall–Kier alpha value is -1.53. The van der Waals surface area contributed by atoms with E-state index in [0.717, 1.165) is 3.57 Å². The van der Waals surface area contributed by atoms with E-state index in [2.05, 4.69) is 15.8 Å². The minimum absolute atomic E-state index is 0.0277. The van der Waals surface area contributed by atoms with E-state index < -0.39 is 17.5 Å². The summed E-state index contributed by atoms with van der Waals surface area (Å²) in [4.78, 5) is 21.7. The molecule has 1 aliphatic heterocycles. The number of carbonyl (C=O) groups excluding carboxylic acids is 1. The molecular formula is C18H18ClFIN3O4. The van der Waals surface area contributed by atoms with Crippen molar-refractivity contribution in [2.75, 3.05) is 18.5 Å². The van der Waals surface area contributed by atoms with E-state index in [1.807, 2.05) is 22.6 Å². The Labute approximate surface area is 180 Å². The van der Waals surface area contributed by atoms with E-state index in [4.69, 9.17) is 25.9 Å². The summed E-state index contributed by atoms with van der Waals surface area (Å²) in [6.45, 7) is 4.07. The van der Waals surface area contributed by atoms with Crippen molar-refractivity contribution in [3.05, 3.63) is 50.6 Å². The lowest BCUT2D eigenvalue weighted by molar-refractivity contribution is -0.147. The van der Waals surface area contributed by atoms with Crippen LogP contribution in [0.1, 0.15) is 24.2 Å². The van der Waals surface area contributed by atoms with Crippen LogP contribution in [0, 0.1) is 9.39 Å². The number of nitrogens with one attached hydrogen (secondary N) is 2. The maximum Gasteiger partial charge on any atom is 0.277 e. The van der Waals surface area contributed by atoms with Gasteiger partial charge in [-0.25, -0.2) is 14.9 Å². The number of anilines is 2. The first kappa shape index (κ1) is 21.2. The Bertz CT molecular complexity index is 884. The molecule has 7 nitrogen and oxygen atoms in total. The van der Waals surface area contributed by atoms with Crippen LogP contribution in [-0.2, 0) is 14.3 Å². The molecule has 1 aromatic heterocycles. The van der Waals surface area contributed by atoms with Gasteiger partial charge in [0.2, 0.25) is 0 Å². The number of rotatable bonds is 6. The topological polar surface area (TPSA) is 81.7 Å². The van der Waals surface area contributed by atoms with Gasteiger partial charge in [0, 0.05) is 9.77 Å². The van der Waals surface area contributed by atoms with Gasteiger partial charge in [0.05, 0.1) is 23.5 Å². The van der Waals surface area contributed by atoms with Crippen molar-refractivity contribution in [3.63, 3.8) is 0 Å². The molecule has 3 rings (SSSR count). The second-order valence-corrected chi connectivity index (χ2v) is 8.07. The van der Waals surface area contributed by atoms with Crippen molar-refractivity contribution in [2.24, 2.45) is 0 Å². The van der Waals surface area contributed by atoms with Gasteiger partial charge >= 0.3 is 0 Å². The maximum absolute atomic E-state index is 14.2. The maximum atomic E-state index is 14.2. The van der Waals surface area contributed by atoms with E-state index in [0.29, 0.717) is 6.61 Å². The van der Waals surface area contributed by atoms with E-state index in [1.165, 1.54) is 18.3 Å². The minimum Gasteiger partial charge on any atom is -0.350 e. The zero-order chi connectivity index (χ0) is 20.3. The average Bonchev–Trinajstić information content (AvgIpc) is 2.97. The smallest absolute Gasteiger partial charge is 0.277 e. The summed E-state index contributed by atoms with van der Waals surface area (Å²) >= 11 is 8.13. The second kappa shape index (κ2) is 8.87. The van der Waals surface area contributed by atoms with Gasteiger partial charge in [-0.2, -0.15) is 0 Å². The van der Waals surface area contributed by atoms with E-state index in [1.54, 1.807) is 26.0 Å². The zero-order valence-electron chi connectivity index (χ0n) is 15.1. The van der Waals surface area contributed by atoms with Crippen molar-refractivity contribution in [2.45, 2.75) is 25.7 Å². The number of hydrogen-bond donors (Lipinski definition) is 2. The highest BCUT2D eigenvalue weighted by atomic mass is 127. The summed E-state index contributed by atoms with van der Waals surface area (Å²) in [5, 5.41) is 2.85. The fourth-order valence-electron chi connectivity index (χ4n) is 2.57. The van der Waals surface area contributed by atoms with Crippen LogP contribution >= 0.6 is 34.2 Å². The number of amides is 1. The molecule has 0 radical (unpaired) electrons. The van der Waals surface area contributed by atoms with Crippen molar-refractivity contribution < 1.29 is 23.5 Å². The standard InChI is InChI=1S/C18H18ClFIN3O4/c1-18(2)26-8-11(28-18)9-27-24-17(25)12-5-6-22-16(19)15(12)23-14-4-3-10(21)7-13(14)20/h3-7,11,23H,8-9H2,1-2H3,(H,24,25)/t11-/m1/s1. The normalized spacial score (nSPS) is 18.1. The SMILES string of the molecule is CC1(C)OC[C@H](CONC(=O)c2ccnc(Cl)c2Nc2ccc(I)cc2F)O1. The van der Waals surface area contributed by atoms with Gasteiger partial charge in [0.15, 0.2) is 10.9 Å². The third-order valence-electron chi connectivity index (χ3n) is 3.84. The molecule has 0 saturated carbocycles. The number of nitrogens with zero attached hydrogens (tertiary/aromatic N) is 1. The number of halogens is 3. The van der Waals surface area contributed by atoms with Crippen molar-refractivity contribution in [3.8, 4) is 0 Å². The Kier molecular flexibility index (Phi) is 6.71. The third-order valence-corrected chi connectivity index (χ3v) is 4.80. The molecular weight excluding hydrogens is 504 g/mol. The van der Waals surface area contributed by atoms with Crippen LogP contribution in [-0.4, -0.2) is 36.0 Å². The molecule has 1 saturated heterocycles. The molecule has 1 aliphatic rings. The number of hydrogen-bond acceptors (Lipinski definition) is 6. The van der Waals surface area contributed by atoms with Gasteiger partial charge < -0.3 is 14.8 Å². The fourth-order valence-corrected chi connectivity index (χ4v) is 3.23. The molecule has 2 aromatic rings. The van der Waals surface area contributed by atoms with Crippen LogP contribution in [0.2, 0.25) is 5.15 Å². The molecule has 1 amide bonds. The summed E-state index contributed by atoms with van der Waals surface area (Å²) in [6, 6.07) is 6.10. The molecule has 1 fully saturated rings. The predicted octanol–water partition coefficient (Wildman–Crippen LogP) is 4.04. The van der Waals surface area contributed by atoms with Crippen molar-refractivity contribution in [1.82, 2.24) is 10.5 Å². The Morgan fingerprint density at radius 3 is 2.93 bits per heavy atom. The molecule has 10 heteroatoms. The van der Waals surface area contributed by atoms with E-state index >= 15 is 0 Å². The molecule has 0 bridgehead atoms. The highest BCUT2D eigenvalue weighted by Gasteiger charge is 2.33. The van der Waals surface area contributed by atoms with Crippen LogP contribution in [0.25, 0.3) is 0 Å². The van der Waals surface area contributed by atoms with Gasteiger partial charge in [-0.05, 0) is 60.7 Å². The Morgan fingerprint density at radius 1 is 1.46 bits per heavy atom. The Balaban J connectivity index is 1.68. The lowest BCUT2D eigenvalue weighted by atomic mass is 10.2. The van der Waals surface area contributed by atoms with Crippen LogP contribution in [0.3, 0.4) is 0 Å². The fraction of sp³-hybridized carbons (Fsp3) is 0.333. The third kappa shape index (κ3) is 5.29. The summed E-state index contributed by atoms with van der Waals surface area (Å²) < 4.78 is 25.9. The largest absolute Gasteiger partial charge is 0.350 e. The minimum atomic E-state index is -0.675. The second-order valence-electron chi connectivity index (χ2n) is 6.47.